The fourth-order valence-electron chi connectivity index (χ4n) is 3.57. The fourth-order valence-corrected chi connectivity index (χ4v) is 4.60. The molecule has 0 saturated carbocycles. The Kier molecular flexibility index (Phi) is 5.39. The molecule has 2 aliphatic rings. The van der Waals surface area contributed by atoms with E-state index in [1.807, 2.05) is 6.07 Å². The van der Waals surface area contributed by atoms with Crippen molar-refractivity contribution in [3.63, 3.8) is 0 Å². The van der Waals surface area contributed by atoms with E-state index >= 15 is 0 Å². The van der Waals surface area contributed by atoms with Gasteiger partial charge in [0.2, 0.25) is 0 Å². The summed E-state index contributed by atoms with van der Waals surface area (Å²) < 4.78 is 6.01. The summed E-state index contributed by atoms with van der Waals surface area (Å²) in [6, 6.07) is 5.42. The molecule has 5 rings (SSSR count). The number of hydrogen-bond acceptors (Lipinski definition) is 7. The minimum absolute atomic E-state index is 0.172. The number of aliphatic imine (C=N–C) groups is 1. The zero-order valence-electron chi connectivity index (χ0n) is 16.6. The maximum absolute atomic E-state index is 12.4. The lowest BCUT2D eigenvalue weighted by molar-refractivity contribution is -0.115. The van der Waals surface area contributed by atoms with Crippen LogP contribution in [0.25, 0.3) is 17.1 Å². The second-order valence-electron chi connectivity index (χ2n) is 7.41. The van der Waals surface area contributed by atoms with Gasteiger partial charge >= 0.3 is 0 Å². The standard InChI is InChI=1S/C21H19ClN6O2S/c1-28-5-4-14(10-28)30-13-2-3-17(16(22)7-13)26-21-27-20(29)18(31-21)6-12-8-24-19-15(12)9-23-11-25-19/h2-3,6-9,11,14H,4-5,10H2,1H3,(H,23,24,25)(H,26,27,29)/b18-6-. The molecule has 1 atom stereocenters. The van der Waals surface area contributed by atoms with Crippen LogP contribution in [0.4, 0.5) is 5.69 Å². The molecule has 2 aliphatic heterocycles. The van der Waals surface area contributed by atoms with Gasteiger partial charge in [0, 0.05) is 42.5 Å². The molecule has 2 N–H and O–H groups in total. The van der Waals surface area contributed by atoms with E-state index in [1.165, 1.54) is 18.1 Å². The molecule has 1 amide bonds. The molecule has 2 saturated heterocycles. The van der Waals surface area contributed by atoms with Crippen LogP contribution in [0.5, 0.6) is 5.75 Å². The molecule has 8 nitrogen and oxygen atoms in total. The highest BCUT2D eigenvalue weighted by molar-refractivity contribution is 8.18. The Hall–Kier alpha value is -2.88. The molecule has 1 unspecified atom stereocenters. The van der Waals surface area contributed by atoms with Crippen LogP contribution in [0.2, 0.25) is 5.02 Å². The average molecular weight is 455 g/mol. The van der Waals surface area contributed by atoms with E-state index in [9.17, 15) is 4.79 Å². The maximum atomic E-state index is 12.4. The van der Waals surface area contributed by atoms with Crippen LogP contribution >= 0.6 is 23.4 Å². The number of likely N-dealkylation sites (N-methyl/N-ethyl adjacent to an activating group) is 1. The largest absolute Gasteiger partial charge is 0.489 e. The molecule has 4 heterocycles. The second kappa shape index (κ2) is 8.33. The van der Waals surface area contributed by atoms with Crippen molar-refractivity contribution in [1.29, 1.82) is 0 Å². The van der Waals surface area contributed by atoms with Crippen molar-refractivity contribution in [3.8, 4) is 5.75 Å². The molecule has 0 aliphatic carbocycles. The lowest BCUT2D eigenvalue weighted by atomic mass is 10.2. The number of H-pyrrole nitrogens is 1. The van der Waals surface area contributed by atoms with Gasteiger partial charge in [0.15, 0.2) is 5.17 Å². The predicted octanol–water partition coefficient (Wildman–Crippen LogP) is 3.59. The first-order valence-electron chi connectivity index (χ1n) is 9.76. The first kappa shape index (κ1) is 20.0. The minimum Gasteiger partial charge on any atom is -0.489 e. The van der Waals surface area contributed by atoms with Crippen molar-refractivity contribution >= 4 is 57.2 Å². The van der Waals surface area contributed by atoms with E-state index in [0.29, 0.717) is 20.8 Å². The van der Waals surface area contributed by atoms with Crippen molar-refractivity contribution in [2.75, 3.05) is 20.1 Å². The number of rotatable bonds is 4. The number of aromatic amines is 1. The van der Waals surface area contributed by atoms with Crippen molar-refractivity contribution in [1.82, 2.24) is 25.2 Å². The van der Waals surface area contributed by atoms with Gasteiger partial charge in [-0.1, -0.05) is 11.6 Å². The van der Waals surface area contributed by atoms with Crippen LogP contribution in [0.1, 0.15) is 12.0 Å². The summed E-state index contributed by atoms with van der Waals surface area (Å²) in [4.78, 5) is 31.0. The number of halogens is 1. The van der Waals surface area contributed by atoms with Gasteiger partial charge in [0.05, 0.1) is 15.6 Å². The van der Waals surface area contributed by atoms with Gasteiger partial charge in [-0.05, 0) is 43.4 Å². The molecule has 158 valence electrons. The highest BCUT2D eigenvalue weighted by Gasteiger charge is 2.25. The highest BCUT2D eigenvalue weighted by Crippen LogP contribution is 2.34. The van der Waals surface area contributed by atoms with E-state index in [0.717, 1.165) is 41.9 Å². The molecule has 1 aromatic carbocycles. The summed E-state index contributed by atoms with van der Waals surface area (Å²) >= 11 is 7.68. The Morgan fingerprint density at radius 3 is 3.13 bits per heavy atom. The Bertz CT molecular complexity index is 1220. The van der Waals surface area contributed by atoms with Crippen molar-refractivity contribution in [3.05, 3.63) is 52.4 Å². The predicted molar refractivity (Wildman–Crippen MR) is 123 cm³/mol. The molecule has 0 spiro atoms. The minimum atomic E-state index is -0.212. The number of carbonyl (C=O) groups is 1. The van der Waals surface area contributed by atoms with Crippen LogP contribution in [-0.2, 0) is 4.79 Å². The van der Waals surface area contributed by atoms with Gasteiger partial charge in [-0.3, -0.25) is 4.79 Å². The normalized spacial score (nSPS) is 22.0. The van der Waals surface area contributed by atoms with Crippen molar-refractivity contribution in [2.45, 2.75) is 12.5 Å². The van der Waals surface area contributed by atoms with E-state index in [-0.39, 0.29) is 12.0 Å². The number of nitrogens with one attached hydrogen (secondary N) is 2. The van der Waals surface area contributed by atoms with Crippen LogP contribution in [0.3, 0.4) is 0 Å². The molecule has 2 aromatic heterocycles. The quantitative estimate of drug-likeness (QED) is 0.585. The summed E-state index contributed by atoms with van der Waals surface area (Å²) in [6.07, 6.45) is 7.95. The molecule has 0 radical (unpaired) electrons. The molecule has 0 bridgehead atoms. The third-order valence-electron chi connectivity index (χ3n) is 5.12. The monoisotopic (exact) mass is 454 g/mol. The number of hydrogen-bond donors (Lipinski definition) is 2. The zero-order chi connectivity index (χ0) is 21.4. The van der Waals surface area contributed by atoms with Gasteiger partial charge < -0.3 is 19.9 Å². The number of fused-ring (bicyclic) bond motifs is 1. The highest BCUT2D eigenvalue weighted by atomic mass is 35.5. The van der Waals surface area contributed by atoms with Gasteiger partial charge in [0.25, 0.3) is 5.91 Å². The van der Waals surface area contributed by atoms with Gasteiger partial charge in [0.1, 0.15) is 23.8 Å². The lowest BCUT2D eigenvalue weighted by Crippen LogP contribution is -2.21. The number of likely N-dealkylation sites (tertiary alicyclic amines) is 1. The third kappa shape index (κ3) is 4.30. The molecular weight excluding hydrogens is 436 g/mol. The summed E-state index contributed by atoms with van der Waals surface area (Å²) in [5.41, 5.74) is 2.13. The Balaban J connectivity index is 1.33. The van der Waals surface area contributed by atoms with Gasteiger partial charge in [-0.2, -0.15) is 0 Å². The Morgan fingerprint density at radius 1 is 1.42 bits per heavy atom. The number of aromatic nitrogens is 3. The average Bonchev–Trinajstić information content (AvgIpc) is 3.44. The summed E-state index contributed by atoms with van der Waals surface area (Å²) in [5.74, 6) is 0.510. The van der Waals surface area contributed by atoms with E-state index < -0.39 is 0 Å². The topological polar surface area (TPSA) is 95.5 Å². The van der Waals surface area contributed by atoms with E-state index in [1.54, 1.807) is 30.6 Å². The number of amidine groups is 1. The van der Waals surface area contributed by atoms with Crippen LogP contribution < -0.4 is 10.1 Å². The number of thioether (sulfide) groups is 1. The molecule has 3 aromatic rings. The first-order valence-corrected chi connectivity index (χ1v) is 11.0. The van der Waals surface area contributed by atoms with Crippen LogP contribution in [0, 0.1) is 0 Å². The second-order valence-corrected chi connectivity index (χ2v) is 8.85. The maximum Gasteiger partial charge on any atom is 0.264 e. The fraction of sp³-hybridized carbons (Fsp3) is 0.238. The summed E-state index contributed by atoms with van der Waals surface area (Å²) in [7, 11) is 2.08. The van der Waals surface area contributed by atoms with E-state index in [2.05, 4.69) is 37.2 Å². The SMILES string of the molecule is CN1CCC(Oc2ccc(/N=C3/NC(=O)/C(=C/c4c[nH]c5ncncc45)S3)c(Cl)c2)C1. The summed E-state index contributed by atoms with van der Waals surface area (Å²) in [5, 5.41) is 4.58. The number of amides is 1. The molecule has 10 heteroatoms. The number of nitrogens with zero attached hydrogens (tertiary/aromatic N) is 4. The third-order valence-corrected chi connectivity index (χ3v) is 6.33. The molecule has 2 fully saturated rings. The van der Waals surface area contributed by atoms with Crippen LogP contribution in [-0.4, -0.2) is 57.2 Å². The molecular formula is C21H19ClN6O2S. The zero-order valence-corrected chi connectivity index (χ0v) is 18.2. The number of ether oxygens (including phenoxy) is 1. The van der Waals surface area contributed by atoms with Crippen LogP contribution in [0.15, 0.2) is 46.8 Å². The smallest absolute Gasteiger partial charge is 0.264 e. The number of carbonyl (C=O) groups excluding carboxylic acids is 1. The van der Waals surface area contributed by atoms with Gasteiger partial charge in [-0.15, -0.1) is 0 Å². The molecule has 31 heavy (non-hydrogen) atoms. The van der Waals surface area contributed by atoms with Crippen molar-refractivity contribution < 1.29 is 9.53 Å². The Morgan fingerprint density at radius 2 is 2.32 bits per heavy atom. The van der Waals surface area contributed by atoms with Gasteiger partial charge in [-0.25, -0.2) is 15.0 Å². The number of benzene rings is 1. The lowest BCUT2D eigenvalue weighted by Gasteiger charge is -2.14. The van der Waals surface area contributed by atoms with Crippen molar-refractivity contribution in [2.24, 2.45) is 4.99 Å². The summed E-state index contributed by atoms with van der Waals surface area (Å²) in [6.45, 7) is 1.94. The Labute approximate surface area is 187 Å². The first-order chi connectivity index (χ1) is 15.0. The van der Waals surface area contributed by atoms with E-state index in [4.69, 9.17) is 16.3 Å².